The number of ether oxygens (including phenoxy) is 2. The Labute approximate surface area is 130 Å². The van der Waals surface area contributed by atoms with Crippen molar-refractivity contribution in [1.82, 2.24) is 0 Å². The van der Waals surface area contributed by atoms with E-state index in [1.165, 1.54) is 7.11 Å². The fourth-order valence-electron chi connectivity index (χ4n) is 2.91. The monoisotopic (exact) mass is 302 g/mol. The molecule has 0 unspecified atom stereocenters. The predicted molar refractivity (Wildman–Crippen MR) is 87.6 cm³/mol. The van der Waals surface area contributed by atoms with E-state index in [2.05, 4.69) is 13.8 Å². The zero-order chi connectivity index (χ0) is 16.6. The van der Waals surface area contributed by atoms with Crippen molar-refractivity contribution in [2.75, 3.05) is 14.2 Å². The van der Waals surface area contributed by atoms with Gasteiger partial charge in [-0.1, -0.05) is 26.0 Å². The Bertz CT molecular complexity index is 745. The molecule has 2 aromatic rings. The van der Waals surface area contributed by atoms with E-state index in [4.69, 9.17) is 9.47 Å². The molecule has 0 amide bonds. The maximum atomic E-state index is 11.8. The summed E-state index contributed by atoms with van der Waals surface area (Å²) >= 11 is 0. The Morgan fingerprint density at radius 2 is 1.50 bits per heavy atom. The molecule has 118 valence electrons. The van der Waals surface area contributed by atoms with Crippen LogP contribution in [0.2, 0.25) is 0 Å². The smallest absolute Gasteiger partial charge is 0.340 e. The molecule has 0 aliphatic carbocycles. The van der Waals surface area contributed by atoms with E-state index in [0.29, 0.717) is 11.1 Å². The van der Waals surface area contributed by atoms with Gasteiger partial charge in [-0.3, -0.25) is 0 Å². The topological polar surface area (TPSA) is 55.8 Å². The van der Waals surface area contributed by atoms with Crippen molar-refractivity contribution >= 4 is 16.7 Å². The van der Waals surface area contributed by atoms with Crippen molar-refractivity contribution in [3.05, 3.63) is 34.4 Å². The van der Waals surface area contributed by atoms with Crippen LogP contribution in [0.3, 0.4) is 0 Å². The number of rotatable bonds is 4. The van der Waals surface area contributed by atoms with Gasteiger partial charge in [0.1, 0.15) is 5.56 Å². The van der Waals surface area contributed by atoms with E-state index < -0.39 is 5.97 Å². The zero-order valence-electron chi connectivity index (χ0n) is 13.9. The van der Waals surface area contributed by atoms with E-state index in [-0.39, 0.29) is 17.2 Å². The average Bonchev–Trinajstić information content (AvgIpc) is 2.45. The molecule has 0 aliphatic heterocycles. The first-order valence-electron chi connectivity index (χ1n) is 7.25. The molecule has 0 atom stereocenters. The second-order valence-corrected chi connectivity index (χ2v) is 5.80. The van der Waals surface area contributed by atoms with Gasteiger partial charge in [-0.25, -0.2) is 4.79 Å². The molecule has 1 N–H and O–H groups in total. The molecule has 0 spiro atoms. The van der Waals surface area contributed by atoms with Crippen LogP contribution in [0.5, 0.6) is 11.5 Å². The van der Waals surface area contributed by atoms with Gasteiger partial charge < -0.3 is 14.6 Å². The average molecular weight is 302 g/mol. The summed E-state index contributed by atoms with van der Waals surface area (Å²) in [6.45, 7) is 8.13. The Balaban J connectivity index is 3.13. The lowest BCUT2D eigenvalue weighted by molar-refractivity contribution is 0.0695. The van der Waals surface area contributed by atoms with Crippen LogP contribution < -0.4 is 9.47 Å². The van der Waals surface area contributed by atoms with E-state index in [1.54, 1.807) is 7.11 Å². The van der Waals surface area contributed by atoms with E-state index in [0.717, 1.165) is 22.1 Å². The van der Waals surface area contributed by atoms with Gasteiger partial charge in [-0.2, -0.15) is 0 Å². The number of carbonyl (C=O) groups is 1. The Hall–Kier alpha value is -2.23. The van der Waals surface area contributed by atoms with Gasteiger partial charge >= 0.3 is 5.97 Å². The van der Waals surface area contributed by atoms with Gasteiger partial charge in [0.2, 0.25) is 0 Å². The standard InChI is InChI=1S/C18H22O4/c1-9(2)14-12-7-10(3)11(4)8-13(12)15(18(19)20)17(22-6)16(14)21-5/h7-9H,1-6H3,(H,19,20). The number of fused-ring (bicyclic) bond motifs is 1. The van der Waals surface area contributed by atoms with Crippen LogP contribution in [-0.4, -0.2) is 25.3 Å². The quantitative estimate of drug-likeness (QED) is 0.915. The second-order valence-electron chi connectivity index (χ2n) is 5.80. The number of aromatic carboxylic acids is 1. The summed E-state index contributed by atoms with van der Waals surface area (Å²) in [5.41, 5.74) is 3.30. The molecule has 4 nitrogen and oxygen atoms in total. The lowest BCUT2D eigenvalue weighted by Crippen LogP contribution is -2.08. The molecule has 0 saturated heterocycles. The minimum atomic E-state index is -1.02. The Morgan fingerprint density at radius 1 is 1.00 bits per heavy atom. The van der Waals surface area contributed by atoms with Crippen LogP contribution in [0.25, 0.3) is 10.8 Å². The van der Waals surface area contributed by atoms with Crippen LogP contribution in [-0.2, 0) is 0 Å². The highest BCUT2D eigenvalue weighted by atomic mass is 16.5. The normalized spacial score (nSPS) is 11.0. The van der Waals surface area contributed by atoms with Crippen LogP contribution >= 0.6 is 0 Å². The molecule has 0 saturated carbocycles. The molecule has 22 heavy (non-hydrogen) atoms. The first-order valence-corrected chi connectivity index (χ1v) is 7.25. The number of carboxylic acid groups (broad SMARTS) is 1. The van der Waals surface area contributed by atoms with Crippen LogP contribution in [0.1, 0.15) is 46.8 Å². The number of methoxy groups -OCH3 is 2. The fraction of sp³-hybridized carbons (Fsp3) is 0.389. The molecule has 0 fully saturated rings. The third-order valence-corrected chi connectivity index (χ3v) is 4.07. The summed E-state index contributed by atoms with van der Waals surface area (Å²) in [6.07, 6.45) is 0. The number of benzene rings is 2. The van der Waals surface area contributed by atoms with E-state index >= 15 is 0 Å². The van der Waals surface area contributed by atoms with Gasteiger partial charge in [-0.05, 0) is 36.3 Å². The third kappa shape index (κ3) is 2.39. The number of hydrogen-bond acceptors (Lipinski definition) is 3. The van der Waals surface area contributed by atoms with Gasteiger partial charge in [0, 0.05) is 10.9 Å². The molecule has 0 aromatic heterocycles. The first kappa shape index (κ1) is 16.1. The maximum Gasteiger partial charge on any atom is 0.340 e. The van der Waals surface area contributed by atoms with Crippen molar-refractivity contribution < 1.29 is 19.4 Å². The molecule has 0 aliphatic rings. The summed E-state index contributed by atoms with van der Waals surface area (Å²) in [5.74, 6) is -0.0462. The molecule has 2 aromatic carbocycles. The summed E-state index contributed by atoms with van der Waals surface area (Å²) in [4.78, 5) is 11.8. The summed E-state index contributed by atoms with van der Waals surface area (Å²) in [6, 6.07) is 3.95. The zero-order valence-corrected chi connectivity index (χ0v) is 13.9. The largest absolute Gasteiger partial charge is 0.493 e. The van der Waals surface area contributed by atoms with Crippen LogP contribution in [0, 0.1) is 13.8 Å². The number of hydrogen-bond donors (Lipinski definition) is 1. The Kier molecular flexibility index (Phi) is 4.31. The van der Waals surface area contributed by atoms with E-state index in [1.807, 2.05) is 26.0 Å². The number of aryl methyl sites for hydroxylation is 2. The van der Waals surface area contributed by atoms with Crippen molar-refractivity contribution in [2.45, 2.75) is 33.6 Å². The van der Waals surface area contributed by atoms with Crippen molar-refractivity contribution in [3.63, 3.8) is 0 Å². The van der Waals surface area contributed by atoms with Gasteiger partial charge in [0.25, 0.3) is 0 Å². The summed E-state index contributed by atoms with van der Waals surface area (Å²) < 4.78 is 10.9. The molecule has 0 heterocycles. The van der Waals surface area contributed by atoms with Gasteiger partial charge in [-0.15, -0.1) is 0 Å². The molecule has 0 bridgehead atoms. The minimum absolute atomic E-state index is 0.154. The molecular formula is C18H22O4. The highest BCUT2D eigenvalue weighted by Gasteiger charge is 2.26. The van der Waals surface area contributed by atoms with Crippen LogP contribution in [0.4, 0.5) is 0 Å². The highest BCUT2D eigenvalue weighted by Crippen LogP contribution is 2.45. The van der Waals surface area contributed by atoms with E-state index in [9.17, 15) is 9.90 Å². The first-order chi connectivity index (χ1) is 10.3. The Morgan fingerprint density at radius 3 is 1.91 bits per heavy atom. The fourth-order valence-corrected chi connectivity index (χ4v) is 2.91. The lowest BCUT2D eigenvalue weighted by atomic mass is 9.89. The van der Waals surface area contributed by atoms with Gasteiger partial charge in [0.15, 0.2) is 11.5 Å². The second kappa shape index (κ2) is 5.87. The minimum Gasteiger partial charge on any atom is -0.493 e. The van der Waals surface area contributed by atoms with Crippen molar-refractivity contribution in [3.8, 4) is 11.5 Å². The van der Waals surface area contributed by atoms with Crippen molar-refractivity contribution in [2.24, 2.45) is 0 Å². The number of carboxylic acids is 1. The van der Waals surface area contributed by atoms with Gasteiger partial charge in [0.05, 0.1) is 14.2 Å². The summed E-state index contributed by atoms with van der Waals surface area (Å²) in [7, 11) is 3.02. The summed E-state index contributed by atoms with van der Waals surface area (Å²) in [5, 5.41) is 11.3. The lowest BCUT2D eigenvalue weighted by Gasteiger charge is -2.21. The van der Waals surface area contributed by atoms with Crippen LogP contribution in [0.15, 0.2) is 12.1 Å². The van der Waals surface area contributed by atoms with Crippen molar-refractivity contribution in [1.29, 1.82) is 0 Å². The molecule has 2 rings (SSSR count). The predicted octanol–water partition coefficient (Wildman–Crippen LogP) is 4.30. The molecule has 4 heteroatoms. The molecular weight excluding hydrogens is 280 g/mol. The third-order valence-electron chi connectivity index (χ3n) is 4.07. The SMILES string of the molecule is COc1c(OC)c(C(C)C)c2cc(C)c(C)cc2c1C(=O)O. The highest BCUT2D eigenvalue weighted by molar-refractivity contribution is 6.09. The molecule has 0 radical (unpaired) electrons. The maximum absolute atomic E-state index is 11.8.